The summed E-state index contributed by atoms with van der Waals surface area (Å²) in [5.74, 6) is -0.686. The van der Waals surface area contributed by atoms with Crippen molar-refractivity contribution >= 4 is 32.7 Å². The molecule has 226 valence electrons. The SMILES string of the molecule is Cc1cc(C)c(C(=O)N2CCN(c3cccc(F)c3[S@](C)(=N)=O)C[C@@H]2C)cc1NC1CCN(c2ccccc2C#N)CC1. The Kier molecular flexibility index (Phi) is 8.65. The van der Waals surface area contributed by atoms with Gasteiger partial charge in [0.2, 0.25) is 0 Å². The summed E-state index contributed by atoms with van der Waals surface area (Å²) < 4.78 is 35.2. The number of piperazine rings is 1. The number of halogens is 1. The van der Waals surface area contributed by atoms with Gasteiger partial charge in [0.15, 0.2) is 0 Å². The third-order valence-corrected chi connectivity index (χ3v) is 9.77. The van der Waals surface area contributed by atoms with Crippen LogP contribution in [0.15, 0.2) is 59.5 Å². The molecule has 2 aliphatic rings. The highest BCUT2D eigenvalue weighted by atomic mass is 32.2. The number of nitriles is 1. The van der Waals surface area contributed by atoms with Gasteiger partial charge in [0.25, 0.3) is 5.91 Å². The fourth-order valence-corrected chi connectivity index (χ4v) is 7.37. The molecule has 1 amide bonds. The zero-order chi connectivity index (χ0) is 30.9. The number of rotatable bonds is 6. The fraction of sp³-hybridized carbons (Fsp3) is 0.394. The number of carbonyl (C=O) groups is 1. The Morgan fingerprint density at radius 3 is 2.37 bits per heavy atom. The van der Waals surface area contributed by atoms with Crippen LogP contribution in [0.5, 0.6) is 0 Å². The standard InChI is InChI=1S/C33H39FN6O2S/c1-22-18-23(2)29(37-26-12-14-38(15-13-26)30-10-6-5-8-25(30)20-35)19-27(22)33(41)40-17-16-39(21-24(40)3)31-11-7-9-28(34)32(31)43(4,36)42/h5-11,18-19,24,26,36-37H,12-17,21H2,1-4H3/t24-,43+/m0/s1. The van der Waals surface area contributed by atoms with Crippen molar-refractivity contribution in [3.05, 3.63) is 82.7 Å². The van der Waals surface area contributed by atoms with Crippen molar-refractivity contribution in [2.24, 2.45) is 0 Å². The fourth-order valence-electron chi connectivity index (χ4n) is 6.33. The molecule has 2 N–H and O–H groups in total. The van der Waals surface area contributed by atoms with Gasteiger partial charge < -0.3 is 20.0 Å². The van der Waals surface area contributed by atoms with Gasteiger partial charge in [-0.15, -0.1) is 0 Å². The van der Waals surface area contributed by atoms with E-state index in [2.05, 4.69) is 29.3 Å². The Balaban J connectivity index is 1.28. The molecule has 2 saturated heterocycles. The summed E-state index contributed by atoms with van der Waals surface area (Å²) in [6, 6.07) is 18.6. The lowest BCUT2D eigenvalue weighted by Crippen LogP contribution is -2.54. The first-order valence-corrected chi connectivity index (χ1v) is 16.6. The summed E-state index contributed by atoms with van der Waals surface area (Å²) >= 11 is 0. The van der Waals surface area contributed by atoms with Gasteiger partial charge in [-0.3, -0.25) is 4.79 Å². The van der Waals surface area contributed by atoms with Crippen LogP contribution < -0.4 is 15.1 Å². The van der Waals surface area contributed by atoms with Crippen molar-refractivity contribution in [3.63, 3.8) is 0 Å². The Morgan fingerprint density at radius 2 is 1.70 bits per heavy atom. The van der Waals surface area contributed by atoms with Crippen LogP contribution in [0.2, 0.25) is 0 Å². The highest BCUT2D eigenvalue weighted by Crippen LogP contribution is 2.32. The molecular formula is C33H39FN6O2S. The molecule has 5 rings (SSSR count). The van der Waals surface area contributed by atoms with Crippen LogP contribution in [0.3, 0.4) is 0 Å². The Labute approximate surface area is 254 Å². The molecule has 10 heteroatoms. The number of piperidine rings is 1. The number of anilines is 3. The molecule has 2 atom stereocenters. The number of benzene rings is 3. The largest absolute Gasteiger partial charge is 0.382 e. The van der Waals surface area contributed by atoms with Gasteiger partial charge in [-0.1, -0.05) is 24.3 Å². The second kappa shape index (κ2) is 12.3. The number of nitrogens with zero attached hydrogens (tertiary/aromatic N) is 4. The molecule has 8 nitrogen and oxygen atoms in total. The summed E-state index contributed by atoms with van der Waals surface area (Å²) in [7, 11) is -3.27. The number of aryl methyl sites for hydroxylation is 2. The predicted octanol–water partition coefficient (Wildman–Crippen LogP) is 5.78. The molecule has 0 bridgehead atoms. The Hall–Kier alpha value is -4.10. The zero-order valence-electron chi connectivity index (χ0n) is 25.2. The molecule has 3 aromatic rings. The lowest BCUT2D eigenvalue weighted by atomic mass is 9.98. The molecule has 0 unspecified atom stereocenters. The number of hydrogen-bond acceptors (Lipinski definition) is 7. The highest BCUT2D eigenvalue weighted by molar-refractivity contribution is 7.91. The van der Waals surface area contributed by atoms with E-state index in [1.54, 1.807) is 12.1 Å². The van der Waals surface area contributed by atoms with E-state index in [1.165, 1.54) is 12.3 Å². The molecular weight excluding hydrogens is 563 g/mol. The van der Waals surface area contributed by atoms with E-state index >= 15 is 0 Å². The zero-order valence-corrected chi connectivity index (χ0v) is 26.0. The van der Waals surface area contributed by atoms with Crippen molar-refractivity contribution in [3.8, 4) is 6.07 Å². The molecule has 2 aliphatic heterocycles. The normalized spacial score (nSPS) is 19.1. The van der Waals surface area contributed by atoms with Gasteiger partial charge in [-0.2, -0.15) is 5.26 Å². The minimum atomic E-state index is -3.27. The first-order valence-electron chi connectivity index (χ1n) is 14.7. The van der Waals surface area contributed by atoms with E-state index in [-0.39, 0.29) is 22.9 Å². The third-order valence-electron chi connectivity index (χ3n) is 8.59. The van der Waals surface area contributed by atoms with Crippen molar-refractivity contribution < 1.29 is 13.4 Å². The van der Waals surface area contributed by atoms with Gasteiger partial charge in [0, 0.05) is 62.3 Å². The maximum atomic E-state index is 14.6. The summed E-state index contributed by atoms with van der Waals surface area (Å²) in [6.07, 6.45) is 3.07. The van der Waals surface area contributed by atoms with Crippen molar-refractivity contribution in [2.45, 2.75) is 50.6 Å². The second-order valence-corrected chi connectivity index (χ2v) is 13.8. The number of para-hydroxylation sites is 1. The molecule has 43 heavy (non-hydrogen) atoms. The van der Waals surface area contributed by atoms with E-state index in [4.69, 9.17) is 4.78 Å². The van der Waals surface area contributed by atoms with Crippen LogP contribution in [-0.4, -0.2) is 66.1 Å². The Bertz CT molecular complexity index is 1680. The lowest BCUT2D eigenvalue weighted by molar-refractivity contribution is 0.0673. The first-order chi connectivity index (χ1) is 20.5. The van der Waals surface area contributed by atoms with E-state index in [0.717, 1.165) is 48.4 Å². The minimum absolute atomic E-state index is 0.0464. The van der Waals surface area contributed by atoms with Crippen molar-refractivity contribution in [1.29, 1.82) is 10.0 Å². The van der Waals surface area contributed by atoms with Crippen LogP contribution in [0.1, 0.15) is 46.8 Å². The van der Waals surface area contributed by atoms with Crippen molar-refractivity contribution in [2.75, 3.05) is 54.1 Å². The second-order valence-electron chi connectivity index (χ2n) is 11.7. The molecule has 0 saturated carbocycles. The third kappa shape index (κ3) is 6.32. The number of amides is 1. The summed E-state index contributed by atoms with van der Waals surface area (Å²) in [6.45, 7) is 8.99. The number of carbonyl (C=O) groups excluding carboxylic acids is 1. The quantitative estimate of drug-likeness (QED) is 0.371. The number of hydrogen-bond donors (Lipinski definition) is 2. The molecule has 3 aromatic carbocycles. The smallest absolute Gasteiger partial charge is 0.254 e. The van der Waals surface area contributed by atoms with E-state index in [9.17, 15) is 18.7 Å². The average Bonchev–Trinajstić information content (AvgIpc) is 2.97. The molecule has 2 fully saturated rings. The maximum Gasteiger partial charge on any atom is 0.254 e. The predicted molar refractivity (Wildman–Crippen MR) is 170 cm³/mol. The summed E-state index contributed by atoms with van der Waals surface area (Å²) in [5, 5.41) is 13.2. The summed E-state index contributed by atoms with van der Waals surface area (Å²) in [5.41, 5.74) is 5.74. The maximum absolute atomic E-state index is 14.6. The van der Waals surface area contributed by atoms with E-state index in [0.29, 0.717) is 36.4 Å². The number of nitrogens with one attached hydrogen (secondary N) is 2. The average molecular weight is 603 g/mol. The van der Waals surface area contributed by atoms with Crippen molar-refractivity contribution in [1.82, 2.24) is 4.90 Å². The molecule has 0 spiro atoms. The molecule has 0 aromatic heterocycles. The van der Waals surface area contributed by atoms with Crippen LogP contribution in [0.4, 0.5) is 21.5 Å². The van der Waals surface area contributed by atoms with Crippen LogP contribution in [0.25, 0.3) is 0 Å². The van der Waals surface area contributed by atoms with E-state index < -0.39 is 15.5 Å². The van der Waals surface area contributed by atoms with Gasteiger partial charge in [0.05, 0.1) is 26.7 Å². The summed E-state index contributed by atoms with van der Waals surface area (Å²) in [4.78, 5) is 19.9. The first kappa shape index (κ1) is 30.4. The van der Waals surface area contributed by atoms with Gasteiger partial charge >= 0.3 is 0 Å². The van der Waals surface area contributed by atoms with Gasteiger partial charge in [-0.05, 0) is 75.1 Å². The van der Waals surface area contributed by atoms with Gasteiger partial charge in [0.1, 0.15) is 16.8 Å². The van der Waals surface area contributed by atoms with Crippen LogP contribution in [-0.2, 0) is 9.73 Å². The monoisotopic (exact) mass is 602 g/mol. The van der Waals surface area contributed by atoms with E-state index in [1.807, 2.05) is 54.0 Å². The topological polar surface area (TPSA) is 104 Å². The Morgan fingerprint density at radius 1 is 1.00 bits per heavy atom. The van der Waals surface area contributed by atoms with Crippen LogP contribution in [0, 0.1) is 35.8 Å². The van der Waals surface area contributed by atoms with Crippen LogP contribution >= 0.6 is 0 Å². The highest BCUT2D eigenvalue weighted by Gasteiger charge is 2.32. The lowest BCUT2D eigenvalue weighted by Gasteiger charge is -2.42. The molecule has 2 heterocycles. The minimum Gasteiger partial charge on any atom is -0.382 e. The molecule has 0 aliphatic carbocycles. The van der Waals surface area contributed by atoms with Gasteiger partial charge in [-0.25, -0.2) is 13.4 Å². The molecule has 0 radical (unpaired) electrons.